The van der Waals surface area contributed by atoms with E-state index in [1.807, 2.05) is 0 Å². The van der Waals surface area contributed by atoms with Crippen molar-refractivity contribution < 1.29 is 0 Å². The number of fused-ring (bicyclic) bond motifs is 2. The molecule has 6 rings (SSSR count). The first-order valence-corrected chi connectivity index (χ1v) is 13.0. The zero-order valence-corrected chi connectivity index (χ0v) is 19.3. The molecule has 3 N–H and O–H groups in total. The highest BCUT2D eigenvalue weighted by Gasteiger charge is 2.28. The number of aryl methyl sites for hydroxylation is 1. The standard InChI is InChI=1S/C25H30N6S/c1-16-6-9-22-21(12-16)24(27-20-13-18(26)14-20)29-25(28-22)31-10-11-32(30-19-7-8-19)23-5-3-2-4-17(23)15-31/h2-6,9,12,18-20H,7-8,10-11,13-15,26H2,1H3,(H,27,28,29). The Morgan fingerprint density at radius 3 is 2.78 bits per heavy atom. The van der Waals surface area contributed by atoms with Gasteiger partial charge in [0.25, 0.3) is 0 Å². The van der Waals surface area contributed by atoms with Crippen LogP contribution in [0, 0.1) is 6.92 Å². The van der Waals surface area contributed by atoms with Gasteiger partial charge in [0.2, 0.25) is 5.95 Å². The number of hydrogen-bond donors (Lipinski definition) is 2. The van der Waals surface area contributed by atoms with Crippen LogP contribution in [0.3, 0.4) is 0 Å². The van der Waals surface area contributed by atoms with Crippen LogP contribution in [0.1, 0.15) is 36.8 Å². The molecule has 0 radical (unpaired) electrons. The van der Waals surface area contributed by atoms with Gasteiger partial charge in [-0.15, -0.1) is 0 Å². The van der Waals surface area contributed by atoms with Crippen molar-refractivity contribution in [2.24, 2.45) is 10.1 Å². The van der Waals surface area contributed by atoms with Gasteiger partial charge in [0.1, 0.15) is 5.82 Å². The average Bonchev–Trinajstić information content (AvgIpc) is 3.60. The van der Waals surface area contributed by atoms with Crippen LogP contribution >= 0.6 is 0 Å². The molecule has 2 heterocycles. The fourth-order valence-electron chi connectivity index (χ4n) is 4.55. The van der Waals surface area contributed by atoms with Gasteiger partial charge in [0.15, 0.2) is 0 Å². The Hall–Kier alpha value is -2.51. The Bertz CT molecular complexity index is 1200. The number of nitrogens with two attached hydrogens (primary N) is 1. The van der Waals surface area contributed by atoms with E-state index < -0.39 is 0 Å². The molecule has 2 aliphatic carbocycles. The molecule has 1 atom stereocenters. The molecule has 0 amide bonds. The number of benzene rings is 2. The Morgan fingerprint density at radius 1 is 1.12 bits per heavy atom. The van der Waals surface area contributed by atoms with Crippen molar-refractivity contribution in [3.63, 3.8) is 0 Å². The second-order valence-electron chi connectivity index (χ2n) is 9.40. The molecule has 0 bridgehead atoms. The maximum absolute atomic E-state index is 6.03. The van der Waals surface area contributed by atoms with Gasteiger partial charge >= 0.3 is 0 Å². The minimum Gasteiger partial charge on any atom is -0.367 e. The Balaban J connectivity index is 1.38. The SMILES string of the molecule is Cc1ccc2nc(N3CCS(=NC4CC4)c4ccccc4C3)nc(NC3CC(N)C3)c2c1. The summed E-state index contributed by atoms with van der Waals surface area (Å²) in [5.41, 5.74) is 9.59. The second kappa shape index (κ2) is 8.12. The van der Waals surface area contributed by atoms with Gasteiger partial charge in [-0.25, -0.2) is 4.98 Å². The predicted octanol–water partition coefficient (Wildman–Crippen LogP) is 4.18. The zero-order valence-electron chi connectivity index (χ0n) is 18.5. The lowest BCUT2D eigenvalue weighted by atomic mass is 9.87. The lowest BCUT2D eigenvalue weighted by Gasteiger charge is -2.34. The number of rotatable bonds is 4. The van der Waals surface area contributed by atoms with Gasteiger partial charge in [0.05, 0.1) is 11.6 Å². The maximum Gasteiger partial charge on any atom is 0.228 e. The molecule has 6 nitrogen and oxygen atoms in total. The molecule has 1 aliphatic heterocycles. The molecule has 3 aliphatic rings. The first-order chi connectivity index (χ1) is 15.6. The highest BCUT2D eigenvalue weighted by molar-refractivity contribution is 7.87. The third-order valence-electron chi connectivity index (χ3n) is 6.60. The van der Waals surface area contributed by atoms with Crippen molar-refractivity contribution in [1.82, 2.24) is 9.97 Å². The molecule has 0 saturated heterocycles. The summed E-state index contributed by atoms with van der Waals surface area (Å²) in [4.78, 5) is 13.8. The molecule has 3 aromatic rings. The van der Waals surface area contributed by atoms with E-state index in [-0.39, 0.29) is 10.7 Å². The maximum atomic E-state index is 6.03. The molecule has 166 valence electrons. The van der Waals surface area contributed by atoms with Crippen LogP contribution in [0.15, 0.2) is 51.7 Å². The molecule has 2 aromatic carbocycles. The highest BCUT2D eigenvalue weighted by atomic mass is 32.2. The number of anilines is 2. The van der Waals surface area contributed by atoms with E-state index in [9.17, 15) is 0 Å². The summed E-state index contributed by atoms with van der Waals surface area (Å²) in [6.45, 7) is 3.86. The quantitative estimate of drug-likeness (QED) is 0.628. The van der Waals surface area contributed by atoms with Gasteiger partial charge < -0.3 is 16.0 Å². The normalized spacial score (nSPS) is 25.3. The lowest BCUT2D eigenvalue weighted by Crippen LogP contribution is -2.44. The van der Waals surface area contributed by atoms with E-state index in [2.05, 4.69) is 59.6 Å². The fraction of sp³-hybridized carbons (Fsp3) is 0.440. The monoisotopic (exact) mass is 446 g/mol. The van der Waals surface area contributed by atoms with Crippen LogP contribution < -0.4 is 16.0 Å². The van der Waals surface area contributed by atoms with Crippen molar-refractivity contribution in [2.75, 3.05) is 22.5 Å². The zero-order chi connectivity index (χ0) is 21.7. The van der Waals surface area contributed by atoms with Gasteiger partial charge in [-0.05, 0) is 56.4 Å². The largest absolute Gasteiger partial charge is 0.367 e. The van der Waals surface area contributed by atoms with Gasteiger partial charge in [-0.2, -0.15) is 4.98 Å². The molecule has 2 saturated carbocycles. The van der Waals surface area contributed by atoms with Gasteiger partial charge in [0, 0.05) is 41.2 Å². The van der Waals surface area contributed by atoms with E-state index in [4.69, 9.17) is 20.1 Å². The van der Waals surface area contributed by atoms with Gasteiger partial charge in [-0.1, -0.05) is 40.5 Å². The summed E-state index contributed by atoms with van der Waals surface area (Å²) < 4.78 is 5.16. The second-order valence-corrected chi connectivity index (χ2v) is 11.2. The van der Waals surface area contributed by atoms with E-state index in [0.29, 0.717) is 18.1 Å². The van der Waals surface area contributed by atoms with Crippen LogP contribution in [0.25, 0.3) is 10.9 Å². The number of nitrogens with zero attached hydrogens (tertiary/aromatic N) is 4. The predicted molar refractivity (Wildman–Crippen MR) is 132 cm³/mol. The first kappa shape index (κ1) is 20.1. The molecular formula is C25H30N6S. The number of nitrogens with one attached hydrogen (secondary N) is 1. The molecule has 0 spiro atoms. The van der Waals surface area contributed by atoms with Crippen LogP contribution in [0.5, 0.6) is 0 Å². The summed E-state index contributed by atoms with van der Waals surface area (Å²) >= 11 is 0. The minimum atomic E-state index is -0.0418. The Labute approximate surface area is 191 Å². The topological polar surface area (TPSA) is 79.4 Å². The Morgan fingerprint density at radius 2 is 1.97 bits per heavy atom. The van der Waals surface area contributed by atoms with Crippen molar-refractivity contribution in [2.45, 2.75) is 62.2 Å². The van der Waals surface area contributed by atoms with Crippen molar-refractivity contribution in [1.29, 1.82) is 0 Å². The van der Waals surface area contributed by atoms with E-state index in [1.165, 1.54) is 28.9 Å². The summed E-state index contributed by atoms with van der Waals surface area (Å²) in [5.74, 6) is 2.77. The third-order valence-corrected chi connectivity index (χ3v) is 8.63. The van der Waals surface area contributed by atoms with Crippen LogP contribution in [0.4, 0.5) is 11.8 Å². The lowest BCUT2D eigenvalue weighted by molar-refractivity contribution is 0.373. The molecular weight excluding hydrogens is 416 g/mol. The van der Waals surface area contributed by atoms with E-state index in [0.717, 1.165) is 54.4 Å². The molecule has 7 heteroatoms. The summed E-state index contributed by atoms with van der Waals surface area (Å²) in [6.07, 6.45) is 4.50. The highest BCUT2D eigenvalue weighted by Crippen LogP contribution is 2.32. The summed E-state index contributed by atoms with van der Waals surface area (Å²) in [7, 11) is -0.0418. The fourth-order valence-corrected chi connectivity index (χ4v) is 6.62. The van der Waals surface area contributed by atoms with Gasteiger partial charge in [-0.3, -0.25) is 4.36 Å². The van der Waals surface area contributed by atoms with E-state index in [1.54, 1.807) is 0 Å². The van der Waals surface area contributed by atoms with Crippen LogP contribution in [-0.4, -0.2) is 40.4 Å². The number of hydrogen-bond acceptors (Lipinski definition) is 6. The smallest absolute Gasteiger partial charge is 0.228 e. The minimum absolute atomic E-state index is 0.0418. The van der Waals surface area contributed by atoms with Crippen molar-refractivity contribution >= 4 is 33.4 Å². The number of aromatic nitrogens is 2. The third kappa shape index (κ3) is 3.99. The van der Waals surface area contributed by atoms with E-state index >= 15 is 0 Å². The molecule has 1 aromatic heterocycles. The van der Waals surface area contributed by atoms with Crippen molar-refractivity contribution in [3.05, 3.63) is 53.6 Å². The van der Waals surface area contributed by atoms with Crippen LogP contribution in [-0.2, 0) is 17.2 Å². The summed E-state index contributed by atoms with van der Waals surface area (Å²) in [5, 5.41) is 4.75. The average molecular weight is 447 g/mol. The first-order valence-electron chi connectivity index (χ1n) is 11.7. The summed E-state index contributed by atoms with van der Waals surface area (Å²) in [6, 6.07) is 16.5. The molecule has 2 fully saturated rings. The molecule has 32 heavy (non-hydrogen) atoms. The van der Waals surface area contributed by atoms with Crippen LogP contribution in [0.2, 0.25) is 0 Å². The molecule has 1 unspecified atom stereocenters. The Kier molecular flexibility index (Phi) is 5.11. The van der Waals surface area contributed by atoms with Crippen molar-refractivity contribution in [3.8, 4) is 0 Å².